The molecule has 266 valence electrons. The molecule has 0 aromatic heterocycles. The first-order chi connectivity index (χ1) is 25.9. The van der Waals surface area contributed by atoms with Gasteiger partial charge in [0.1, 0.15) is 12.1 Å². The summed E-state index contributed by atoms with van der Waals surface area (Å²) in [5.74, 6) is -0.840. The van der Waals surface area contributed by atoms with Crippen molar-refractivity contribution in [1.82, 2.24) is 15.1 Å². The van der Waals surface area contributed by atoms with E-state index in [1.165, 1.54) is 12.0 Å². The molecule has 0 spiro atoms. The number of ether oxygens (including phenoxy) is 2. The average Bonchev–Trinajstić information content (AvgIpc) is 3.72. The largest absolute Gasteiger partial charge is 0.453 e. The summed E-state index contributed by atoms with van der Waals surface area (Å²) in [5, 5.41) is 2.87. The summed E-state index contributed by atoms with van der Waals surface area (Å²) in [5.41, 5.74) is 7.17. The molecule has 9 nitrogen and oxygen atoms in total. The number of amides is 3. The molecule has 1 saturated heterocycles. The number of hydrogen-bond acceptors (Lipinski definition) is 6. The lowest BCUT2D eigenvalue weighted by molar-refractivity contribution is -0.137. The first kappa shape index (κ1) is 33.9. The van der Waals surface area contributed by atoms with E-state index in [-0.39, 0.29) is 50.8 Å². The number of benzene rings is 5. The summed E-state index contributed by atoms with van der Waals surface area (Å²) in [6, 6.07) is 40.1. The van der Waals surface area contributed by atoms with Crippen LogP contribution in [0.4, 0.5) is 9.59 Å². The third kappa shape index (κ3) is 5.92. The second-order valence-corrected chi connectivity index (χ2v) is 13.7. The summed E-state index contributed by atoms with van der Waals surface area (Å²) >= 11 is 0. The van der Waals surface area contributed by atoms with Crippen molar-refractivity contribution in [3.8, 4) is 22.3 Å². The molecular weight excluding hydrogens is 666 g/mol. The van der Waals surface area contributed by atoms with Crippen molar-refractivity contribution >= 4 is 23.9 Å². The van der Waals surface area contributed by atoms with Gasteiger partial charge in [-0.3, -0.25) is 14.5 Å². The van der Waals surface area contributed by atoms with Crippen LogP contribution in [0.25, 0.3) is 22.3 Å². The van der Waals surface area contributed by atoms with Crippen molar-refractivity contribution in [1.29, 1.82) is 0 Å². The van der Waals surface area contributed by atoms with Crippen LogP contribution in [-0.4, -0.2) is 72.6 Å². The van der Waals surface area contributed by atoms with Crippen molar-refractivity contribution in [2.24, 2.45) is 0 Å². The Morgan fingerprint density at radius 3 is 1.68 bits per heavy atom. The predicted molar refractivity (Wildman–Crippen MR) is 200 cm³/mol. The molecule has 1 aliphatic heterocycles. The third-order valence-corrected chi connectivity index (χ3v) is 11.0. The number of methoxy groups -OCH3 is 1. The average molecular weight is 706 g/mol. The van der Waals surface area contributed by atoms with Crippen LogP contribution in [0.1, 0.15) is 57.4 Å². The standard InChI is InChI=1S/C44H39N3O6/c1-52-43(51)47(40-36-21-11-9-17-32(36)33-18-10-12-22-37(33)40)44(41(49)45-27-39(48)29-13-3-2-4-14-29)23-25-46(26-24-44)42(50)53-28-38-34-19-7-5-15-30(34)31-16-6-8-20-35(31)38/h2-22,38,40H,23-28H2,1H3,(H,45,49). The van der Waals surface area contributed by atoms with Crippen LogP contribution in [-0.2, 0) is 14.3 Å². The van der Waals surface area contributed by atoms with E-state index in [0.717, 1.165) is 44.5 Å². The summed E-state index contributed by atoms with van der Waals surface area (Å²) in [6.07, 6.45) is -0.973. The molecule has 3 aliphatic rings. The number of carbonyl (C=O) groups is 4. The molecule has 0 bridgehead atoms. The van der Waals surface area contributed by atoms with Gasteiger partial charge in [-0.05, 0) is 57.3 Å². The highest BCUT2D eigenvalue weighted by molar-refractivity contribution is 6.01. The van der Waals surface area contributed by atoms with E-state index >= 15 is 0 Å². The molecule has 1 fully saturated rings. The fourth-order valence-corrected chi connectivity index (χ4v) is 8.41. The minimum Gasteiger partial charge on any atom is -0.453 e. The van der Waals surface area contributed by atoms with Crippen LogP contribution in [0.15, 0.2) is 127 Å². The quantitative estimate of drug-likeness (QED) is 0.167. The zero-order chi connectivity index (χ0) is 36.5. The second-order valence-electron chi connectivity index (χ2n) is 13.7. The number of nitrogens with one attached hydrogen (secondary N) is 1. The number of Topliss-reactive ketones (excluding diaryl/α,β-unsaturated/α-hetero) is 1. The minimum atomic E-state index is -1.47. The van der Waals surface area contributed by atoms with Gasteiger partial charge in [-0.2, -0.15) is 0 Å². The van der Waals surface area contributed by atoms with Gasteiger partial charge in [0.2, 0.25) is 5.91 Å². The van der Waals surface area contributed by atoms with Gasteiger partial charge >= 0.3 is 12.2 Å². The maximum atomic E-state index is 14.7. The smallest absolute Gasteiger partial charge is 0.411 e. The lowest BCUT2D eigenvalue weighted by Gasteiger charge is -2.48. The fourth-order valence-electron chi connectivity index (χ4n) is 8.41. The molecular formula is C44H39N3O6. The molecule has 2 aliphatic carbocycles. The van der Waals surface area contributed by atoms with E-state index < -0.39 is 29.7 Å². The van der Waals surface area contributed by atoms with Gasteiger partial charge in [-0.25, -0.2) is 9.59 Å². The third-order valence-electron chi connectivity index (χ3n) is 11.0. The molecule has 53 heavy (non-hydrogen) atoms. The molecule has 0 saturated carbocycles. The monoisotopic (exact) mass is 705 g/mol. The molecule has 0 unspecified atom stereocenters. The zero-order valence-corrected chi connectivity index (χ0v) is 29.4. The molecule has 5 aromatic carbocycles. The molecule has 0 atom stereocenters. The first-order valence-electron chi connectivity index (χ1n) is 17.9. The van der Waals surface area contributed by atoms with Crippen molar-refractivity contribution < 1.29 is 28.7 Å². The van der Waals surface area contributed by atoms with E-state index in [1.54, 1.807) is 29.2 Å². The Morgan fingerprint density at radius 2 is 1.15 bits per heavy atom. The number of rotatable bonds is 8. The lowest BCUT2D eigenvalue weighted by atomic mass is 9.82. The van der Waals surface area contributed by atoms with Crippen LogP contribution < -0.4 is 5.32 Å². The normalized spacial score (nSPS) is 15.4. The molecule has 0 radical (unpaired) electrons. The Kier molecular flexibility index (Phi) is 9.00. The van der Waals surface area contributed by atoms with Gasteiger partial charge in [0.15, 0.2) is 5.78 Å². The van der Waals surface area contributed by atoms with Crippen LogP contribution in [0.2, 0.25) is 0 Å². The van der Waals surface area contributed by atoms with E-state index in [0.29, 0.717) is 5.56 Å². The number of likely N-dealkylation sites (tertiary alicyclic amines) is 1. The summed E-state index contributed by atoms with van der Waals surface area (Å²) in [7, 11) is 1.30. The fraction of sp³-hybridized carbons (Fsp3) is 0.227. The van der Waals surface area contributed by atoms with Crippen molar-refractivity contribution in [3.63, 3.8) is 0 Å². The Hall–Kier alpha value is -6.22. The number of nitrogens with zero attached hydrogens (tertiary/aromatic N) is 2. The van der Waals surface area contributed by atoms with Gasteiger partial charge in [-0.15, -0.1) is 0 Å². The number of piperidine rings is 1. The molecule has 9 heteroatoms. The van der Waals surface area contributed by atoms with E-state index in [1.807, 2.05) is 78.9 Å². The molecule has 8 rings (SSSR count). The van der Waals surface area contributed by atoms with Gasteiger partial charge < -0.3 is 19.7 Å². The van der Waals surface area contributed by atoms with Crippen LogP contribution in [0.5, 0.6) is 0 Å². The number of carbonyl (C=O) groups excluding carboxylic acids is 4. The minimum absolute atomic E-state index is 0.0957. The SMILES string of the molecule is COC(=O)N(C1c2ccccc2-c2ccccc21)C1(C(=O)NCC(=O)c2ccccc2)CCN(C(=O)OCC2c3ccccc3-c3ccccc32)CC1. The Bertz CT molecular complexity index is 2120. The number of ketones is 1. The Morgan fingerprint density at radius 1 is 0.679 bits per heavy atom. The molecule has 3 amide bonds. The lowest BCUT2D eigenvalue weighted by Crippen LogP contribution is -2.66. The van der Waals surface area contributed by atoms with Crippen molar-refractivity contribution in [2.75, 3.05) is 33.4 Å². The van der Waals surface area contributed by atoms with Gasteiger partial charge in [0.05, 0.1) is 19.7 Å². The highest BCUT2D eigenvalue weighted by Gasteiger charge is 2.54. The number of fused-ring (bicyclic) bond motifs is 6. The second kappa shape index (κ2) is 14.1. The molecule has 1 N–H and O–H groups in total. The Labute approximate surface area is 308 Å². The number of hydrogen-bond donors (Lipinski definition) is 1. The van der Waals surface area contributed by atoms with Crippen LogP contribution in [0.3, 0.4) is 0 Å². The van der Waals surface area contributed by atoms with Crippen molar-refractivity contribution in [3.05, 3.63) is 155 Å². The predicted octanol–water partition coefficient (Wildman–Crippen LogP) is 7.61. The maximum absolute atomic E-state index is 14.7. The highest BCUT2D eigenvalue weighted by atomic mass is 16.6. The zero-order valence-electron chi connectivity index (χ0n) is 29.4. The summed E-state index contributed by atoms with van der Waals surface area (Å²) in [4.78, 5) is 58.8. The first-order valence-corrected chi connectivity index (χ1v) is 17.9. The Balaban J connectivity index is 1.08. The maximum Gasteiger partial charge on any atom is 0.411 e. The van der Waals surface area contributed by atoms with Crippen molar-refractivity contribution in [2.45, 2.75) is 30.3 Å². The molecule has 5 aromatic rings. The highest BCUT2D eigenvalue weighted by Crippen LogP contribution is 2.50. The van der Waals surface area contributed by atoms with E-state index in [2.05, 4.69) is 29.6 Å². The van der Waals surface area contributed by atoms with E-state index in [4.69, 9.17) is 9.47 Å². The van der Waals surface area contributed by atoms with Gasteiger partial charge in [0.25, 0.3) is 0 Å². The summed E-state index contributed by atoms with van der Waals surface area (Å²) in [6.45, 7) is 0.189. The van der Waals surface area contributed by atoms with Gasteiger partial charge in [-0.1, -0.05) is 127 Å². The topological polar surface area (TPSA) is 105 Å². The van der Waals surface area contributed by atoms with Gasteiger partial charge in [0, 0.05) is 24.6 Å². The summed E-state index contributed by atoms with van der Waals surface area (Å²) < 4.78 is 11.4. The van der Waals surface area contributed by atoms with Crippen LogP contribution >= 0.6 is 0 Å². The van der Waals surface area contributed by atoms with Crippen LogP contribution in [0, 0.1) is 0 Å². The molecule has 1 heterocycles. The van der Waals surface area contributed by atoms with E-state index in [9.17, 15) is 19.2 Å².